The van der Waals surface area contributed by atoms with Gasteiger partial charge in [0.1, 0.15) is 5.75 Å². The third-order valence-corrected chi connectivity index (χ3v) is 5.93. The lowest BCUT2D eigenvalue weighted by Gasteiger charge is -2.31. The van der Waals surface area contributed by atoms with Gasteiger partial charge in [0.05, 0.1) is 13.0 Å². The lowest BCUT2D eigenvalue weighted by molar-refractivity contribution is -0.116. The first-order valence-electron chi connectivity index (χ1n) is 10.8. The number of amides is 2. The second-order valence-corrected chi connectivity index (χ2v) is 8.18. The number of carbonyl (C=O) groups excluding carboxylic acids is 2. The van der Waals surface area contributed by atoms with Crippen molar-refractivity contribution in [1.82, 2.24) is 4.90 Å². The summed E-state index contributed by atoms with van der Waals surface area (Å²) in [6.07, 6.45) is 6.09. The van der Waals surface area contributed by atoms with Crippen molar-refractivity contribution < 1.29 is 14.3 Å². The lowest BCUT2D eigenvalue weighted by Crippen LogP contribution is -2.38. The highest BCUT2D eigenvalue weighted by molar-refractivity contribution is 5.95. The van der Waals surface area contributed by atoms with Crippen LogP contribution >= 0.6 is 0 Å². The second-order valence-electron chi connectivity index (χ2n) is 8.18. The van der Waals surface area contributed by atoms with Crippen molar-refractivity contribution in [1.29, 1.82) is 0 Å². The van der Waals surface area contributed by atoms with Gasteiger partial charge < -0.3 is 15.0 Å². The molecule has 0 aliphatic heterocycles. The molecular weight excluding hydrogens is 376 g/mol. The summed E-state index contributed by atoms with van der Waals surface area (Å²) in [5.74, 6) is 0.703. The molecule has 1 N–H and O–H groups in total. The number of aryl methyl sites for hydroxylation is 2. The van der Waals surface area contributed by atoms with Crippen molar-refractivity contribution in [2.75, 3.05) is 19.0 Å². The Kier molecular flexibility index (Phi) is 7.50. The molecule has 0 saturated heterocycles. The number of rotatable bonds is 7. The maximum absolute atomic E-state index is 12.7. The normalized spacial score (nSPS) is 14.2. The predicted octanol–water partition coefficient (Wildman–Crippen LogP) is 5.12. The van der Waals surface area contributed by atoms with E-state index in [1.807, 2.05) is 37.1 Å². The van der Waals surface area contributed by atoms with Crippen LogP contribution in [0, 0.1) is 13.8 Å². The molecule has 2 aromatic rings. The second kappa shape index (κ2) is 10.3. The molecule has 0 bridgehead atoms. The molecule has 0 radical (unpaired) electrons. The molecule has 0 heterocycles. The maximum Gasteiger partial charge on any atom is 0.253 e. The monoisotopic (exact) mass is 408 g/mol. The van der Waals surface area contributed by atoms with Gasteiger partial charge in [0.25, 0.3) is 5.91 Å². The molecule has 5 heteroatoms. The van der Waals surface area contributed by atoms with E-state index in [1.165, 1.54) is 30.4 Å². The number of ether oxygens (including phenoxy) is 1. The van der Waals surface area contributed by atoms with Gasteiger partial charge in [-0.1, -0.05) is 25.3 Å². The molecule has 1 aliphatic carbocycles. The minimum absolute atomic E-state index is 0.0431. The summed E-state index contributed by atoms with van der Waals surface area (Å²) in [7, 11) is 1.89. The summed E-state index contributed by atoms with van der Waals surface area (Å²) in [5, 5.41) is 2.86. The number of benzene rings is 2. The molecule has 0 aromatic heterocycles. The topological polar surface area (TPSA) is 58.6 Å². The Labute approximate surface area is 179 Å². The van der Waals surface area contributed by atoms with E-state index < -0.39 is 0 Å². The minimum atomic E-state index is -0.114. The molecule has 1 fully saturated rings. The molecule has 5 nitrogen and oxygen atoms in total. The van der Waals surface area contributed by atoms with E-state index >= 15 is 0 Å². The fourth-order valence-electron chi connectivity index (χ4n) is 3.82. The van der Waals surface area contributed by atoms with E-state index in [0.717, 1.165) is 18.6 Å². The summed E-state index contributed by atoms with van der Waals surface area (Å²) in [6.45, 7) is 4.41. The molecule has 1 saturated carbocycles. The molecule has 2 amide bonds. The summed E-state index contributed by atoms with van der Waals surface area (Å²) >= 11 is 0. The van der Waals surface area contributed by atoms with Gasteiger partial charge in [-0.25, -0.2) is 0 Å². The summed E-state index contributed by atoms with van der Waals surface area (Å²) < 4.78 is 5.67. The standard InChI is InChI=1S/C25H32N2O3/c1-18-9-14-23(17-19(18)2)30-16-15-24(28)26-21-12-10-20(11-13-21)25(29)27(3)22-7-5-4-6-8-22/h9-14,17,22H,4-8,15-16H2,1-3H3,(H,26,28). The van der Waals surface area contributed by atoms with Crippen LogP contribution in [0.25, 0.3) is 0 Å². The zero-order valence-corrected chi connectivity index (χ0v) is 18.2. The molecule has 0 spiro atoms. The van der Waals surface area contributed by atoms with Crippen molar-refractivity contribution in [3.8, 4) is 5.75 Å². The Morgan fingerprint density at radius 2 is 1.70 bits per heavy atom. The SMILES string of the molecule is Cc1ccc(OCCC(=O)Nc2ccc(C(=O)N(C)C3CCCCC3)cc2)cc1C. The number of hydrogen-bond acceptors (Lipinski definition) is 3. The van der Waals surface area contributed by atoms with Crippen molar-refractivity contribution in [2.24, 2.45) is 0 Å². The Hall–Kier alpha value is -2.82. The maximum atomic E-state index is 12.7. The van der Waals surface area contributed by atoms with Crippen LogP contribution < -0.4 is 10.1 Å². The van der Waals surface area contributed by atoms with Gasteiger partial charge >= 0.3 is 0 Å². The van der Waals surface area contributed by atoms with Gasteiger partial charge in [-0.05, 0) is 74.2 Å². The third-order valence-electron chi connectivity index (χ3n) is 5.93. The Morgan fingerprint density at radius 1 is 1.00 bits per heavy atom. The number of carbonyl (C=O) groups is 2. The van der Waals surface area contributed by atoms with Crippen molar-refractivity contribution in [3.63, 3.8) is 0 Å². The molecule has 160 valence electrons. The van der Waals surface area contributed by atoms with Gasteiger partial charge in [-0.2, -0.15) is 0 Å². The van der Waals surface area contributed by atoms with E-state index in [1.54, 1.807) is 24.3 Å². The molecule has 30 heavy (non-hydrogen) atoms. The number of anilines is 1. The van der Waals surface area contributed by atoms with E-state index in [9.17, 15) is 9.59 Å². The Bertz CT molecular complexity index is 870. The number of nitrogens with one attached hydrogen (secondary N) is 1. The fourth-order valence-corrected chi connectivity index (χ4v) is 3.82. The minimum Gasteiger partial charge on any atom is -0.493 e. The largest absolute Gasteiger partial charge is 0.493 e. The van der Waals surface area contributed by atoms with Gasteiger partial charge in [-0.3, -0.25) is 9.59 Å². The first kappa shape index (κ1) is 21.9. The highest BCUT2D eigenvalue weighted by Gasteiger charge is 2.22. The summed E-state index contributed by atoms with van der Waals surface area (Å²) in [6, 6.07) is 13.4. The molecule has 3 rings (SSSR count). The lowest BCUT2D eigenvalue weighted by atomic mass is 9.94. The highest BCUT2D eigenvalue weighted by Crippen LogP contribution is 2.23. The fraction of sp³-hybridized carbons (Fsp3) is 0.440. The van der Waals surface area contributed by atoms with Crippen LogP contribution in [-0.4, -0.2) is 36.4 Å². The molecule has 0 unspecified atom stereocenters. The average molecular weight is 409 g/mol. The quantitative estimate of drug-likeness (QED) is 0.692. The predicted molar refractivity (Wildman–Crippen MR) is 120 cm³/mol. The first-order chi connectivity index (χ1) is 14.4. The van der Waals surface area contributed by atoms with E-state index in [4.69, 9.17) is 4.74 Å². The molecule has 0 atom stereocenters. The highest BCUT2D eigenvalue weighted by atomic mass is 16.5. The van der Waals surface area contributed by atoms with Crippen molar-refractivity contribution in [2.45, 2.75) is 58.4 Å². The van der Waals surface area contributed by atoms with Gasteiger partial charge in [0, 0.05) is 24.3 Å². The summed E-state index contributed by atoms with van der Waals surface area (Å²) in [4.78, 5) is 26.8. The smallest absolute Gasteiger partial charge is 0.253 e. The van der Waals surface area contributed by atoms with Crippen LogP contribution in [0.2, 0.25) is 0 Å². The third kappa shape index (κ3) is 5.85. The average Bonchev–Trinajstić information content (AvgIpc) is 2.76. The Balaban J connectivity index is 1.46. The van der Waals surface area contributed by atoms with Gasteiger partial charge in [0.2, 0.25) is 5.91 Å². The Morgan fingerprint density at radius 3 is 2.37 bits per heavy atom. The zero-order chi connectivity index (χ0) is 21.5. The van der Waals surface area contributed by atoms with Crippen molar-refractivity contribution in [3.05, 3.63) is 59.2 Å². The zero-order valence-electron chi connectivity index (χ0n) is 18.2. The first-order valence-corrected chi connectivity index (χ1v) is 10.8. The van der Waals surface area contributed by atoms with Crippen LogP contribution in [0.5, 0.6) is 5.75 Å². The van der Waals surface area contributed by atoms with Crippen LogP contribution in [0.1, 0.15) is 60.0 Å². The molecular formula is C25H32N2O3. The van der Waals surface area contributed by atoms with Crippen LogP contribution in [0.15, 0.2) is 42.5 Å². The van der Waals surface area contributed by atoms with E-state index in [2.05, 4.69) is 12.2 Å². The van der Waals surface area contributed by atoms with E-state index in [-0.39, 0.29) is 18.2 Å². The van der Waals surface area contributed by atoms with Crippen LogP contribution in [-0.2, 0) is 4.79 Å². The van der Waals surface area contributed by atoms with Gasteiger partial charge in [-0.15, -0.1) is 0 Å². The van der Waals surface area contributed by atoms with Gasteiger partial charge in [0.15, 0.2) is 0 Å². The van der Waals surface area contributed by atoms with Crippen LogP contribution in [0.3, 0.4) is 0 Å². The molecule has 1 aliphatic rings. The number of hydrogen-bond donors (Lipinski definition) is 1. The van der Waals surface area contributed by atoms with E-state index in [0.29, 0.717) is 23.9 Å². The molecule has 2 aromatic carbocycles. The van der Waals surface area contributed by atoms with Crippen LogP contribution in [0.4, 0.5) is 5.69 Å². The summed E-state index contributed by atoms with van der Waals surface area (Å²) in [5.41, 5.74) is 3.72. The number of nitrogens with zero attached hydrogens (tertiary/aromatic N) is 1. The van der Waals surface area contributed by atoms with Crippen molar-refractivity contribution >= 4 is 17.5 Å².